The quantitative estimate of drug-likeness (QED) is 0.734. The maximum atomic E-state index is 13.8. The zero-order valence-corrected chi connectivity index (χ0v) is 13.2. The molecule has 0 spiro atoms. The average Bonchev–Trinajstić information content (AvgIpc) is 3.16. The van der Waals surface area contributed by atoms with Gasteiger partial charge in [0, 0.05) is 43.8 Å². The molecule has 2 aliphatic rings. The minimum Gasteiger partial charge on any atom is -0.396 e. The minimum absolute atomic E-state index is 0.0748. The number of nitrogens with one attached hydrogen (secondary N) is 2. The molecular formula is C17H21F2N3O2. The number of carbonyl (C=O) groups is 1. The highest BCUT2D eigenvalue weighted by Crippen LogP contribution is 2.24. The van der Waals surface area contributed by atoms with Crippen LogP contribution in [0.4, 0.5) is 19.3 Å². The molecule has 0 aromatic heterocycles. The molecule has 1 unspecified atom stereocenters. The standard InChI is InChI=1S/C17H21F2N3O2/c18-12-2-4-16(15(19)8-12)22-6-5-14(9-22)21-17(24)20-13-3-1-11(7-13)10-23/h1-4,8,11,13-14,23H,5-7,9-10H2,(H2,20,21,24)/t11-,13+,14?/m0/s1. The van der Waals surface area contributed by atoms with Crippen molar-refractivity contribution in [3.8, 4) is 0 Å². The SMILES string of the molecule is O=C(NC1CCN(c2ccc(F)cc2F)C1)N[C@@H]1C=C[C@H](CO)C1. The Morgan fingerprint density at radius 2 is 2.12 bits per heavy atom. The largest absolute Gasteiger partial charge is 0.396 e. The van der Waals surface area contributed by atoms with Gasteiger partial charge in [-0.3, -0.25) is 0 Å². The van der Waals surface area contributed by atoms with Crippen molar-refractivity contribution in [2.24, 2.45) is 5.92 Å². The molecule has 1 saturated heterocycles. The molecule has 130 valence electrons. The summed E-state index contributed by atoms with van der Waals surface area (Å²) < 4.78 is 26.8. The van der Waals surface area contributed by atoms with E-state index in [9.17, 15) is 13.6 Å². The van der Waals surface area contributed by atoms with Crippen molar-refractivity contribution in [2.75, 3.05) is 24.6 Å². The number of halogens is 2. The van der Waals surface area contributed by atoms with Crippen LogP contribution in [0.25, 0.3) is 0 Å². The molecular weight excluding hydrogens is 316 g/mol. The van der Waals surface area contributed by atoms with Gasteiger partial charge in [0.25, 0.3) is 0 Å². The van der Waals surface area contributed by atoms with Gasteiger partial charge in [-0.1, -0.05) is 12.2 Å². The second kappa shape index (κ2) is 7.17. The first-order chi connectivity index (χ1) is 11.5. The molecule has 5 nitrogen and oxygen atoms in total. The molecule has 3 N–H and O–H groups in total. The first-order valence-electron chi connectivity index (χ1n) is 8.11. The van der Waals surface area contributed by atoms with E-state index in [0.717, 1.165) is 6.07 Å². The molecule has 0 saturated carbocycles. The van der Waals surface area contributed by atoms with Gasteiger partial charge < -0.3 is 20.6 Å². The van der Waals surface area contributed by atoms with Gasteiger partial charge >= 0.3 is 6.03 Å². The third-order valence-electron chi connectivity index (χ3n) is 4.50. The fraction of sp³-hybridized carbons (Fsp3) is 0.471. The Hall–Kier alpha value is -2.15. The number of benzene rings is 1. The lowest BCUT2D eigenvalue weighted by atomic mass is 10.1. The van der Waals surface area contributed by atoms with Crippen LogP contribution >= 0.6 is 0 Å². The highest BCUT2D eigenvalue weighted by atomic mass is 19.1. The van der Waals surface area contributed by atoms with Crippen LogP contribution in [0.2, 0.25) is 0 Å². The van der Waals surface area contributed by atoms with Crippen LogP contribution in [0.3, 0.4) is 0 Å². The number of aliphatic hydroxyl groups is 1. The van der Waals surface area contributed by atoms with Crippen LogP contribution in [0.15, 0.2) is 30.4 Å². The summed E-state index contributed by atoms with van der Waals surface area (Å²) >= 11 is 0. The van der Waals surface area contributed by atoms with E-state index in [4.69, 9.17) is 5.11 Å². The Bertz CT molecular complexity index is 638. The Labute approximate surface area is 139 Å². The lowest BCUT2D eigenvalue weighted by Crippen LogP contribution is -2.46. The molecule has 1 aliphatic carbocycles. The predicted octanol–water partition coefficient (Wildman–Crippen LogP) is 1.78. The number of carbonyl (C=O) groups excluding carboxylic acids is 1. The van der Waals surface area contributed by atoms with Crippen molar-refractivity contribution in [3.05, 3.63) is 42.0 Å². The first-order valence-corrected chi connectivity index (χ1v) is 8.11. The van der Waals surface area contributed by atoms with E-state index in [0.29, 0.717) is 31.6 Å². The van der Waals surface area contributed by atoms with Gasteiger partial charge in [0.15, 0.2) is 0 Å². The van der Waals surface area contributed by atoms with E-state index < -0.39 is 11.6 Å². The second-order valence-electron chi connectivity index (χ2n) is 6.31. The third-order valence-corrected chi connectivity index (χ3v) is 4.50. The number of anilines is 1. The van der Waals surface area contributed by atoms with E-state index >= 15 is 0 Å². The lowest BCUT2D eigenvalue weighted by Gasteiger charge is -2.20. The van der Waals surface area contributed by atoms with Crippen molar-refractivity contribution in [3.63, 3.8) is 0 Å². The summed E-state index contributed by atoms with van der Waals surface area (Å²) in [7, 11) is 0. The third kappa shape index (κ3) is 3.84. The van der Waals surface area contributed by atoms with Gasteiger partial charge in [-0.05, 0) is 25.0 Å². The molecule has 1 aromatic rings. The summed E-state index contributed by atoms with van der Waals surface area (Å²) in [6.07, 6.45) is 5.18. The molecule has 3 rings (SSSR count). The summed E-state index contributed by atoms with van der Waals surface area (Å²) in [6.45, 7) is 1.16. The van der Waals surface area contributed by atoms with Crippen molar-refractivity contribution < 1.29 is 18.7 Å². The molecule has 1 fully saturated rings. The van der Waals surface area contributed by atoms with Gasteiger partial charge in [0.1, 0.15) is 11.6 Å². The highest BCUT2D eigenvalue weighted by Gasteiger charge is 2.27. The molecule has 3 atom stereocenters. The van der Waals surface area contributed by atoms with Crippen LogP contribution in [0, 0.1) is 17.6 Å². The Morgan fingerprint density at radius 1 is 1.29 bits per heavy atom. The van der Waals surface area contributed by atoms with Gasteiger partial charge in [-0.2, -0.15) is 0 Å². The predicted molar refractivity (Wildman–Crippen MR) is 86.8 cm³/mol. The van der Waals surface area contributed by atoms with E-state index in [1.807, 2.05) is 12.2 Å². The van der Waals surface area contributed by atoms with Crippen molar-refractivity contribution >= 4 is 11.7 Å². The molecule has 1 heterocycles. The molecule has 7 heteroatoms. The van der Waals surface area contributed by atoms with Crippen LogP contribution in [0.5, 0.6) is 0 Å². The van der Waals surface area contributed by atoms with E-state index in [1.54, 1.807) is 4.90 Å². The van der Waals surface area contributed by atoms with Gasteiger partial charge in [-0.15, -0.1) is 0 Å². The van der Waals surface area contributed by atoms with Crippen LogP contribution in [-0.2, 0) is 0 Å². The number of hydrogen-bond donors (Lipinski definition) is 3. The summed E-state index contributed by atoms with van der Waals surface area (Å²) in [4.78, 5) is 13.8. The number of rotatable bonds is 4. The fourth-order valence-electron chi connectivity index (χ4n) is 3.25. The maximum absolute atomic E-state index is 13.8. The fourth-order valence-corrected chi connectivity index (χ4v) is 3.25. The summed E-state index contributed by atoms with van der Waals surface area (Å²) in [5.41, 5.74) is 0.352. The minimum atomic E-state index is -0.602. The molecule has 0 radical (unpaired) electrons. The Morgan fingerprint density at radius 3 is 2.83 bits per heavy atom. The van der Waals surface area contributed by atoms with Gasteiger partial charge in [0.2, 0.25) is 0 Å². The number of amides is 2. The van der Waals surface area contributed by atoms with E-state index in [-0.39, 0.29) is 30.6 Å². The summed E-state index contributed by atoms with van der Waals surface area (Å²) in [6, 6.07) is 3.09. The Kier molecular flexibility index (Phi) is 4.99. The van der Waals surface area contributed by atoms with Crippen molar-refractivity contribution in [1.29, 1.82) is 0 Å². The van der Waals surface area contributed by atoms with Gasteiger partial charge in [-0.25, -0.2) is 13.6 Å². The molecule has 24 heavy (non-hydrogen) atoms. The summed E-state index contributed by atoms with van der Waals surface area (Å²) in [5.74, 6) is -1.10. The number of hydrogen-bond acceptors (Lipinski definition) is 3. The number of urea groups is 1. The monoisotopic (exact) mass is 337 g/mol. The smallest absolute Gasteiger partial charge is 0.315 e. The summed E-state index contributed by atoms with van der Waals surface area (Å²) in [5, 5.41) is 14.8. The second-order valence-corrected chi connectivity index (χ2v) is 6.31. The topological polar surface area (TPSA) is 64.6 Å². The Balaban J connectivity index is 1.49. The zero-order valence-electron chi connectivity index (χ0n) is 13.2. The lowest BCUT2D eigenvalue weighted by molar-refractivity contribution is 0.229. The van der Waals surface area contributed by atoms with Crippen molar-refractivity contribution in [1.82, 2.24) is 10.6 Å². The highest BCUT2D eigenvalue weighted by molar-refractivity contribution is 5.75. The maximum Gasteiger partial charge on any atom is 0.315 e. The first kappa shape index (κ1) is 16.7. The zero-order chi connectivity index (χ0) is 17.1. The molecule has 1 aliphatic heterocycles. The number of nitrogens with zero attached hydrogens (tertiary/aromatic N) is 1. The molecule has 2 amide bonds. The molecule has 1 aromatic carbocycles. The van der Waals surface area contributed by atoms with Gasteiger partial charge in [0.05, 0.1) is 5.69 Å². The molecule has 0 bridgehead atoms. The van der Waals surface area contributed by atoms with Crippen LogP contribution < -0.4 is 15.5 Å². The number of aliphatic hydroxyl groups excluding tert-OH is 1. The van der Waals surface area contributed by atoms with Crippen LogP contribution in [0.1, 0.15) is 12.8 Å². The van der Waals surface area contributed by atoms with Crippen molar-refractivity contribution in [2.45, 2.75) is 24.9 Å². The normalized spacial score (nSPS) is 26.0. The van der Waals surface area contributed by atoms with E-state index in [2.05, 4.69) is 10.6 Å². The van der Waals surface area contributed by atoms with E-state index in [1.165, 1.54) is 12.1 Å². The average molecular weight is 337 g/mol. The van der Waals surface area contributed by atoms with Crippen LogP contribution in [-0.4, -0.2) is 42.9 Å².